The van der Waals surface area contributed by atoms with Gasteiger partial charge in [-0.25, -0.2) is 0 Å². The molecule has 29 heavy (non-hydrogen) atoms. The van der Waals surface area contributed by atoms with Crippen molar-refractivity contribution >= 4 is 5.91 Å². The van der Waals surface area contributed by atoms with Gasteiger partial charge in [0, 0.05) is 18.2 Å². The van der Waals surface area contributed by atoms with E-state index >= 15 is 0 Å². The number of aliphatic hydroxyl groups is 1. The van der Waals surface area contributed by atoms with Gasteiger partial charge in [0.1, 0.15) is 24.2 Å². The maximum absolute atomic E-state index is 11.3. The van der Waals surface area contributed by atoms with E-state index in [0.717, 1.165) is 24.2 Å². The van der Waals surface area contributed by atoms with Gasteiger partial charge in [-0.15, -0.1) is 0 Å². The van der Waals surface area contributed by atoms with E-state index in [1.165, 1.54) is 25.7 Å². The van der Waals surface area contributed by atoms with Gasteiger partial charge >= 0.3 is 0 Å². The van der Waals surface area contributed by atoms with Crippen LogP contribution < -0.4 is 15.2 Å². The first kappa shape index (κ1) is 21.1. The quantitative estimate of drug-likeness (QED) is 0.714. The average Bonchev–Trinajstić information content (AvgIpc) is 3.00. The van der Waals surface area contributed by atoms with Gasteiger partial charge in [-0.1, -0.05) is 25.0 Å². The fourth-order valence-corrected chi connectivity index (χ4v) is 3.63. The van der Waals surface area contributed by atoms with Crippen LogP contribution in [0.3, 0.4) is 0 Å². The maximum Gasteiger partial charge on any atom is 0.248 e. The number of nitrogens with zero attached hydrogens (tertiary/aromatic N) is 1. The first-order chi connectivity index (χ1) is 14.0. The Kier molecular flexibility index (Phi) is 7.49. The van der Waals surface area contributed by atoms with Gasteiger partial charge in [0.15, 0.2) is 0 Å². The SMILES string of the molecule is COc1cc(OCC(O)CN2CCCCCC2)cc(-c2ccc(C(N)=O)cc2)c1. The number of primary amides is 1. The van der Waals surface area contributed by atoms with Crippen molar-refractivity contribution in [2.24, 2.45) is 5.73 Å². The summed E-state index contributed by atoms with van der Waals surface area (Å²) in [5.74, 6) is 0.844. The maximum atomic E-state index is 11.3. The Morgan fingerprint density at radius 1 is 1.03 bits per heavy atom. The van der Waals surface area contributed by atoms with Crippen molar-refractivity contribution in [3.63, 3.8) is 0 Å². The first-order valence-corrected chi connectivity index (χ1v) is 10.2. The van der Waals surface area contributed by atoms with E-state index in [-0.39, 0.29) is 6.61 Å². The smallest absolute Gasteiger partial charge is 0.248 e. The fraction of sp³-hybridized carbons (Fsp3) is 0.435. The lowest BCUT2D eigenvalue weighted by atomic mass is 10.0. The number of nitrogens with two attached hydrogens (primary N) is 1. The molecule has 1 heterocycles. The van der Waals surface area contributed by atoms with Crippen molar-refractivity contribution in [3.8, 4) is 22.6 Å². The molecular formula is C23H30N2O4. The predicted octanol–water partition coefficient (Wildman–Crippen LogP) is 3.08. The zero-order valence-electron chi connectivity index (χ0n) is 17.0. The molecule has 3 N–H and O–H groups in total. The molecule has 3 rings (SSSR count). The second-order valence-corrected chi connectivity index (χ2v) is 7.52. The molecule has 2 aromatic rings. The standard InChI is InChI=1S/C23H30N2O4/c1-28-21-12-19(17-6-8-18(9-7-17)23(24)27)13-22(14-21)29-16-20(26)15-25-10-4-2-3-5-11-25/h6-9,12-14,20,26H,2-5,10-11,15-16H2,1H3,(H2,24,27). The van der Waals surface area contributed by atoms with Crippen LogP contribution in [0.2, 0.25) is 0 Å². The molecule has 1 saturated heterocycles. The molecule has 1 aliphatic rings. The Balaban J connectivity index is 1.65. The Morgan fingerprint density at radius 2 is 1.69 bits per heavy atom. The lowest BCUT2D eigenvalue weighted by Crippen LogP contribution is -2.36. The second kappa shape index (κ2) is 10.3. The van der Waals surface area contributed by atoms with Gasteiger partial charge in [-0.2, -0.15) is 0 Å². The number of amides is 1. The molecule has 0 aromatic heterocycles. The molecule has 6 heteroatoms. The van der Waals surface area contributed by atoms with Crippen LogP contribution in [0.25, 0.3) is 11.1 Å². The summed E-state index contributed by atoms with van der Waals surface area (Å²) >= 11 is 0. The van der Waals surface area contributed by atoms with E-state index in [0.29, 0.717) is 23.6 Å². The highest BCUT2D eigenvalue weighted by Gasteiger charge is 2.15. The molecule has 0 bridgehead atoms. The topological polar surface area (TPSA) is 85.0 Å². The molecule has 0 radical (unpaired) electrons. The number of hydrogen-bond acceptors (Lipinski definition) is 5. The number of hydrogen-bond donors (Lipinski definition) is 2. The summed E-state index contributed by atoms with van der Waals surface area (Å²) < 4.78 is 11.3. The summed E-state index contributed by atoms with van der Waals surface area (Å²) in [5.41, 5.74) is 7.59. The monoisotopic (exact) mass is 398 g/mol. The number of β-amino-alcohol motifs (C(OH)–C–C–N with tert-alkyl or cyclic N) is 1. The lowest BCUT2D eigenvalue weighted by molar-refractivity contribution is 0.0693. The third-order valence-corrected chi connectivity index (χ3v) is 5.23. The van der Waals surface area contributed by atoms with Crippen LogP contribution in [0.1, 0.15) is 36.0 Å². The highest BCUT2D eigenvalue weighted by atomic mass is 16.5. The van der Waals surface area contributed by atoms with Crippen molar-refractivity contribution < 1.29 is 19.4 Å². The van der Waals surface area contributed by atoms with Crippen LogP contribution in [0.4, 0.5) is 0 Å². The highest BCUT2D eigenvalue weighted by Crippen LogP contribution is 2.30. The number of aliphatic hydroxyl groups excluding tert-OH is 1. The summed E-state index contributed by atoms with van der Waals surface area (Å²) in [7, 11) is 1.60. The van der Waals surface area contributed by atoms with Gasteiger partial charge in [-0.05, 0) is 61.3 Å². The largest absolute Gasteiger partial charge is 0.497 e. The number of rotatable bonds is 8. The summed E-state index contributed by atoms with van der Waals surface area (Å²) in [4.78, 5) is 13.6. The van der Waals surface area contributed by atoms with E-state index in [1.807, 2.05) is 24.3 Å². The minimum atomic E-state index is -0.544. The van der Waals surface area contributed by atoms with Crippen molar-refractivity contribution in [3.05, 3.63) is 48.0 Å². The molecule has 0 saturated carbocycles. The van der Waals surface area contributed by atoms with Crippen LogP contribution in [0.5, 0.6) is 11.5 Å². The zero-order valence-corrected chi connectivity index (χ0v) is 17.0. The molecular weight excluding hydrogens is 368 g/mol. The van der Waals surface area contributed by atoms with Crippen LogP contribution in [0, 0.1) is 0 Å². The van der Waals surface area contributed by atoms with Crippen molar-refractivity contribution in [1.29, 1.82) is 0 Å². The molecule has 2 aromatic carbocycles. The van der Waals surface area contributed by atoms with Gasteiger partial charge in [0.2, 0.25) is 5.91 Å². The number of carbonyl (C=O) groups is 1. The van der Waals surface area contributed by atoms with E-state index in [2.05, 4.69) is 4.90 Å². The molecule has 0 aliphatic carbocycles. The Hall–Kier alpha value is -2.57. The van der Waals surface area contributed by atoms with Gasteiger partial charge in [0.25, 0.3) is 0 Å². The van der Waals surface area contributed by atoms with E-state index < -0.39 is 12.0 Å². The van der Waals surface area contributed by atoms with Crippen molar-refractivity contribution in [1.82, 2.24) is 4.90 Å². The number of methoxy groups -OCH3 is 1. The van der Waals surface area contributed by atoms with E-state index in [4.69, 9.17) is 15.2 Å². The Bertz CT molecular complexity index is 799. The highest BCUT2D eigenvalue weighted by molar-refractivity contribution is 5.93. The zero-order chi connectivity index (χ0) is 20.6. The molecule has 1 atom stereocenters. The third-order valence-electron chi connectivity index (χ3n) is 5.23. The van der Waals surface area contributed by atoms with Gasteiger partial charge < -0.3 is 25.2 Å². The van der Waals surface area contributed by atoms with Crippen LogP contribution >= 0.6 is 0 Å². The summed E-state index contributed by atoms with van der Waals surface area (Å²) in [6.07, 6.45) is 4.40. The predicted molar refractivity (Wildman–Crippen MR) is 113 cm³/mol. The minimum Gasteiger partial charge on any atom is -0.497 e. The van der Waals surface area contributed by atoms with Crippen LogP contribution in [-0.2, 0) is 0 Å². The number of benzene rings is 2. The number of likely N-dealkylation sites (tertiary alicyclic amines) is 1. The average molecular weight is 399 g/mol. The summed E-state index contributed by atoms with van der Waals surface area (Å²) in [5, 5.41) is 10.4. The second-order valence-electron chi connectivity index (χ2n) is 7.52. The summed E-state index contributed by atoms with van der Waals surface area (Å²) in [6, 6.07) is 12.7. The third kappa shape index (κ3) is 6.21. The van der Waals surface area contributed by atoms with Gasteiger partial charge in [0.05, 0.1) is 7.11 Å². The van der Waals surface area contributed by atoms with E-state index in [9.17, 15) is 9.90 Å². The fourth-order valence-electron chi connectivity index (χ4n) is 3.63. The Labute approximate surface area is 172 Å². The van der Waals surface area contributed by atoms with Gasteiger partial charge in [-0.3, -0.25) is 4.79 Å². The first-order valence-electron chi connectivity index (χ1n) is 10.2. The molecule has 1 amide bonds. The Morgan fingerprint density at radius 3 is 2.31 bits per heavy atom. The van der Waals surface area contributed by atoms with Crippen LogP contribution in [0.15, 0.2) is 42.5 Å². The molecule has 1 fully saturated rings. The number of carbonyl (C=O) groups excluding carboxylic acids is 1. The molecule has 6 nitrogen and oxygen atoms in total. The van der Waals surface area contributed by atoms with Crippen molar-refractivity contribution in [2.45, 2.75) is 31.8 Å². The molecule has 1 unspecified atom stereocenters. The molecule has 156 valence electrons. The number of ether oxygens (including phenoxy) is 2. The van der Waals surface area contributed by atoms with Crippen LogP contribution in [-0.4, -0.2) is 55.4 Å². The summed E-state index contributed by atoms with van der Waals surface area (Å²) in [6.45, 7) is 2.94. The molecule has 1 aliphatic heterocycles. The minimum absolute atomic E-state index is 0.226. The van der Waals surface area contributed by atoms with Crippen molar-refractivity contribution in [2.75, 3.05) is 33.4 Å². The lowest BCUT2D eigenvalue weighted by Gasteiger charge is -2.23. The normalized spacial score (nSPS) is 16.1. The van der Waals surface area contributed by atoms with E-state index in [1.54, 1.807) is 25.3 Å². The molecule has 0 spiro atoms.